The minimum Gasteiger partial charge on any atom is -0.338 e. The first-order valence-corrected chi connectivity index (χ1v) is 10.6. The van der Waals surface area contributed by atoms with Crippen molar-refractivity contribution in [1.29, 1.82) is 0 Å². The monoisotopic (exact) mass is 408 g/mol. The maximum Gasteiger partial charge on any atom is 0.321 e. The first-order chi connectivity index (χ1) is 12.5. The first kappa shape index (κ1) is 20.5. The molecule has 1 aromatic heterocycles. The predicted molar refractivity (Wildman–Crippen MR) is 108 cm³/mol. The van der Waals surface area contributed by atoms with E-state index >= 15 is 0 Å². The van der Waals surface area contributed by atoms with Gasteiger partial charge in [-0.2, -0.15) is 0 Å². The summed E-state index contributed by atoms with van der Waals surface area (Å²) in [5.74, 6) is 0.387. The fourth-order valence-corrected chi connectivity index (χ4v) is 4.93. The lowest BCUT2D eigenvalue weighted by atomic mass is 10.1. The van der Waals surface area contributed by atoms with Crippen molar-refractivity contribution in [3.05, 3.63) is 48.0 Å². The van der Waals surface area contributed by atoms with Gasteiger partial charge in [0, 0.05) is 12.3 Å². The number of amides is 3. The molecule has 0 fully saturated rings. The lowest BCUT2D eigenvalue weighted by Gasteiger charge is -2.15. The third kappa shape index (κ3) is 6.47. The van der Waals surface area contributed by atoms with Crippen LogP contribution in [0.25, 0.3) is 0 Å². The second kappa shape index (κ2) is 10.3. The number of carbonyl (C=O) groups excluding carboxylic acids is 2. The van der Waals surface area contributed by atoms with Gasteiger partial charge in [-0.3, -0.25) is 10.1 Å². The van der Waals surface area contributed by atoms with E-state index in [0.717, 1.165) is 21.2 Å². The number of hydrogen-bond donors (Lipinski definition) is 2. The Balaban J connectivity index is 2.13. The van der Waals surface area contributed by atoms with Crippen molar-refractivity contribution in [3.63, 3.8) is 0 Å². The van der Waals surface area contributed by atoms with Gasteiger partial charge in [0.15, 0.2) is 8.68 Å². The SMILES string of the molecule is C=C(C)CSc1nnc(S[C@@H](C(=O)NC(=O)NCC)c2ccccc2)s1. The number of nitrogens with zero attached hydrogens (tertiary/aromatic N) is 2. The Morgan fingerprint density at radius 3 is 2.58 bits per heavy atom. The highest BCUT2D eigenvalue weighted by molar-refractivity contribution is 8.03. The highest BCUT2D eigenvalue weighted by Gasteiger charge is 2.25. The van der Waals surface area contributed by atoms with Crippen molar-refractivity contribution >= 4 is 46.8 Å². The lowest BCUT2D eigenvalue weighted by Crippen LogP contribution is -2.41. The number of thioether (sulfide) groups is 2. The Kier molecular flexibility index (Phi) is 8.14. The minimum atomic E-state index is -0.592. The van der Waals surface area contributed by atoms with Crippen LogP contribution in [-0.2, 0) is 4.79 Å². The van der Waals surface area contributed by atoms with E-state index in [-0.39, 0.29) is 0 Å². The summed E-state index contributed by atoms with van der Waals surface area (Å²) in [5, 5.41) is 12.6. The van der Waals surface area contributed by atoms with E-state index in [1.165, 1.54) is 23.1 Å². The molecule has 138 valence electrons. The van der Waals surface area contributed by atoms with Crippen LogP contribution < -0.4 is 10.6 Å². The molecule has 6 nitrogen and oxygen atoms in total. The Hall–Kier alpha value is -1.84. The minimum absolute atomic E-state index is 0.390. The maximum absolute atomic E-state index is 12.6. The molecule has 2 aromatic rings. The second-order valence-corrected chi connectivity index (χ2v) is 8.89. The van der Waals surface area contributed by atoms with E-state index in [1.54, 1.807) is 18.7 Å². The first-order valence-electron chi connectivity index (χ1n) is 7.90. The van der Waals surface area contributed by atoms with Gasteiger partial charge in [0.1, 0.15) is 5.25 Å². The molecule has 9 heteroatoms. The number of hydrogen-bond acceptors (Lipinski definition) is 7. The van der Waals surface area contributed by atoms with Crippen molar-refractivity contribution < 1.29 is 9.59 Å². The Morgan fingerprint density at radius 2 is 1.92 bits per heavy atom. The summed E-state index contributed by atoms with van der Waals surface area (Å²) in [5.41, 5.74) is 1.86. The molecule has 1 atom stereocenters. The van der Waals surface area contributed by atoms with E-state index in [4.69, 9.17) is 0 Å². The zero-order valence-corrected chi connectivity index (χ0v) is 17.0. The van der Waals surface area contributed by atoms with Crippen LogP contribution in [0.4, 0.5) is 4.79 Å². The molecule has 3 amide bonds. The maximum atomic E-state index is 12.6. The molecule has 0 aliphatic rings. The second-order valence-electron chi connectivity index (χ2n) is 5.34. The van der Waals surface area contributed by atoms with Gasteiger partial charge in [0.05, 0.1) is 0 Å². The molecule has 0 aliphatic carbocycles. The number of imide groups is 1. The summed E-state index contributed by atoms with van der Waals surface area (Å²) in [7, 11) is 0. The van der Waals surface area contributed by atoms with Crippen LogP contribution >= 0.6 is 34.9 Å². The van der Waals surface area contributed by atoms with Crippen LogP contribution in [0.1, 0.15) is 24.7 Å². The number of urea groups is 1. The molecule has 2 N–H and O–H groups in total. The summed E-state index contributed by atoms with van der Waals surface area (Å²) in [6.07, 6.45) is 0. The van der Waals surface area contributed by atoms with Gasteiger partial charge in [-0.15, -0.1) is 10.2 Å². The number of nitrogens with one attached hydrogen (secondary N) is 2. The standard InChI is InChI=1S/C17H20N4O2S3/c1-4-18-15(23)19-14(22)13(12-8-6-5-7-9-12)25-17-21-20-16(26-17)24-10-11(2)3/h5-9,13H,2,4,10H2,1,3H3,(H2,18,19,22,23)/t13-/m1/s1. The van der Waals surface area contributed by atoms with Crippen molar-refractivity contribution in [2.45, 2.75) is 27.8 Å². The number of aromatic nitrogens is 2. The van der Waals surface area contributed by atoms with Crippen molar-refractivity contribution in [1.82, 2.24) is 20.8 Å². The van der Waals surface area contributed by atoms with Crippen LogP contribution in [0, 0.1) is 0 Å². The average molecular weight is 409 g/mol. The van der Waals surface area contributed by atoms with Crippen LogP contribution in [-0.4, -0.2) is 34.4 Å². The Morgan fingerprint density at radius 1 is 1.23 bits per heavy atom. The fourth-order valence-electron chi connectivity index (χ4n) is 1.87. The molecule has 0 spiro atoms. The summed E-state index contributed by atoms with van der Waals surface area (Å²) >= 11 is 4.27. The van der Waals surface area contributed by atoms with Gasteiger partial charge >= 0.3 is 6.03 Å². The lowest BCUT2D eigenvalue weighted by molar-refractivity contribution is -0.119. The summed E-state index contributed by atoms with van der Waals surface area (Å²) in [4.78, 5) is 24.3. The van der Waals surface area contributed by atoms with Crippen LogP contribution in [0.15, 0.2) is 51.2 Å². The van der Waals surface area contributed by atoms with E-state index in [1.807, 2.05) is 37.3 Å². The summed E-state index contributed by atoms with van der Waals surface area (Å²) in [6.45, 7) is 8.07. The van der Waals surface area contributed by atoms with Crippen molar-refractivity contribution in [2.75, 3.05) is 12.3 Å². The Labute approximate surface area is 165 Å². The third-order valence-corrected chi connectivity index (χ3v) is 6.59. The van der Waals surface area contributed by atoms with E-state index in [0.29, 0.717) is 10.9 Å². The topological polar surface area (TPSA) is 84.0 Å². The van der Waals surface area contributed by atoms with Gasteiger partial charge in [-0.1, -0.05) is 77.3 Å². The van der Waals surface area contributed by atoms with Crippen molar-refractivity contribution in [3.8, 4) is 0 Å². The normalized spacial score (nSPS) is 11.6. The highest BCUT2D eigenvalue weighted by atomic mass is 32.2. The van der Waals surface area contributed by atoms with Gasteiger partial charge in [-0.25, -0.2) is 4.79 Å². The van der Waals surface area contributed by atoms with Gasteiger partial charge in [-0.05, 0) is 19.4 Å². The predicted octanol–water partition coefficient (Wildman–Crippen LogP) is 3.89. The van der Waals surface area contributed by atoms with Crippen LogP contribution in [0.2, 0.25) is 0 Å². The molecule has 0 bridgehead atoms. The van der Waals surface area contributed by atoms with Crippen LogP contribution in [0.3, 0.4) is 0 Å². The van der Waals surface area contributed by atoms with Gasteiger partial charge in [0.2, 0.25) is 5.91 Å². The van der Waals surface area contributed by atoms with E-state index in [9.17, 15) is 9.59 Å². The Bertz CT molecular complexity index is 764. The van der Waals surface area contributed by atoms with Gasteiger partial charge in [0.25, 0.3) is 0 Å². The zero-order chi connectivity index (χ0) is 18.9. The van der Waals surface area contributed by atoms with Crippen molar-refractivity contribution in [2.24, 2.45) is 0 Å². The molecule has 0 radical (unpaired) electrons. The fraction of sp³-hybridized carbons (Fsp3) is 0.294. The average Bonchev–Trinajstić information content (AvgIpc) is 3.06. The van der Waals surface area contributed by atoms with E-state index < -0.39 is 17.2 Å². The molecular weight excluding hydrogens is 388 g/mol. The molecular formula is C17H20N4O2S3. The third-order valence-electron chi connectivity index (χ3n) is 2.96. The molecule has 0 aliphatic heterocycles. The zero-order valence-electron chi connectivity index (χ0n) is 14.5. The molecule has 26 heavy (non-hydrogen) atoms. The van der Waals surface area contributed by atoms with E-state index in [2.05, 4.69) is 27.4 Å². The highest BCUT2D eigenvalue weighted by Crippen LogP contribution is 2.38. The molecule has 0 unspecified atom stereocenters. The summed E-state index contributed by atoms with van der Waals surface area (Å²) in [6, 6.07) is 8.80. The quantitative estimate of drug-likeness (QED) is 0.509. The number of rotatable bonds is 8. The molecule has 2 rings (SSSR count). The largest absolute Gasteiger partial charge is 0.338 e. The summed E-state index contributed by atoms with van der Waals surface area (Å²) < 4.78 is 1.50. The van der Waals surface area contributed by atoms with Crippen LogP contribution in [0.5, 0.6) is 0 Å². The number of carbonyl (C=O) groups is 2. The molecule has 1 heterocycles. The molecule has 0 saturated heterocycles. The number of benzene rings is 1. The molecule has 0 saturated carbocycles. The van der Waals surface area contributed by atoms with Gasteiger partial charge < -0.3 is 5.32 Å². The smallest absolute Gasteiger partial charge is 0.321 e. The molecule has 1 aromatic carbocycles.